The van der Waals surface area contributed by atoms with E-state index in [0.29, 0.717) is 19.4 Å². The third-order valence-electron chi connectivity index (χ3n) is 3.60. The van der Waals surface area contributed by atoms with Gasteiger partial charge in [-0.2, -0.15) is 5.26 Å². The Bertz CT molecular complexity index is 939. The van der Waals surface area contributed by atoms with Gasteiger partial charge in [0.15, 0.2) is 0 Å². The van der Waals surface area contributed by atoms with Crippen LogP contribution in [0.4, 0.5) is 5.82 Å². The molecular weight excluding hydrogens is 296 g/mol. The number of hydrogen-bond donors (Lipinski definition) is 1. The summed E-state index contributed by atoms with van der Waals surface area (Å²) in [5.41, 5.74) is 2.82. The minimum atomic E-state index is 0.385. The summed E-state index contributed by atoms with van der Waals surface area (Å²) < 4.78 is 0. The van der Waals surface area contributed by atoms with E-state index in [1.807, 2.05) is 48.5 Å². The van der Waals surface area contributed by atoms with Crippen molar-refractivity contribution in [2.75, 3.05) is 11.9 Å². The van der Waals surface area contributed by atoms with Gasteiger partial charge in [0.2, 0.25) is 0 Å². The van der Waals surface area contributed by atoms with Crippen molar-refractivity contribution in [3.05, 3.63) is 66.0 Å². The van der Waals surface area contributed by atoms with Crippen molar-refractivity contribution in [2.24, 2.45) is 0 Å². The second-order valence-electron chi connectivity index (χ2n) is 5.21. The molecule has 0 saturated carbocycles. The number of hydrogen-bond acceptors (Lipinski definition) is 4. The lowest BCUT2D eigenvalue weighted by Gasteiger charge is -2.06. The molecule has 0 saturated heterocycles. The van der Waals surface area contributed by atoms with E-state index in [1.54, 1.807) is 6.33 Å². The molecule has 0 spiro atoms. The van der Waals surface area contributed by atoms with E-state index in [-0.39, 0.29) is 0 Å². The zero-order valence-corrected chi connectivity index (χ0v) is 13.2. The Morgan fingerprint density at radius 3 is 2.75 bits per heavy atom. The van der Waals surface area contributed by atoms with Gasteiger partial charge in [-0.05, 0) is 23.8 Å². The summed E-state index contributed by atoms with van der Waals surface area (Å²) in [5.74, 6) is 7.13. The van der Waals surface area contributed by atoms with Gasteiger partial charge in [0.25, 0.3) is 0 Å². The number of aromatic nitrogens is 2. The van der Waals surface area contributed by atoms with E-state index in [9.17, 15) is 0 Å². The van der Waals surface area contributed by atoms with Crippen LogP contribution in [0.15, 0.2) is 54.9 Å². The van der Waals surface area contributed by atoms with Crippen LogP contribution < -0.4 is 5.32 Å². The number of nitriles is 1. The Labute approximate surface area is 141 Å². The molecule has 0 radical (unpaired) electrons. The summed E-state index contributed by atoms with van der Waals surface area (Å²) in [6.45, 7) is 0.703. The number of benzene rings is 2. The molecule has 0 fully saturated rings. The average Bonchev–Trinajstić information content (AvgIpc) is 2.63. The van der Waals surface area contributed by atoms with Gasteiger partial charge >= 0.3 is 0 Å². The fraction of sp³-hybridized carbons (Fsp3) is 0.150. The van der Waals surface area contributed by atoms with Crippen LogP contribution in [0, 0.1) is 23.2 Å². The molecule has 4 nitrogen and oxygen atoms in total. The maximum absolute atomic E-state index is 8.85. The zero-order chi connectivity index (χ0) is 16.6. The second-order valence-corrected chi connectivity index (χ2v) is 5.21. The van der Waals surface area contributed by atoms with E-state index in [2.05, 4.69) is 33.2 Å². The van der Waals surface area contributed by atoms with Crippen molar-refractivity contribution >= 4 is 16.7 Å². The summed E-state index contributed by atoms with van der Waals surface area (Å²) in [6.07, 6.45) is 2.64. The van der Waals surface area contributed by atoms with E-state index in [1.165, 1.54) is 0 Å². The highest BCUT2D eigenvalue weighted by atomic mass is 15.0. The summed E-state index contributed by atoms with van der Waals surface area (Å²) in [5, 5.41) is 13.2. The molecule has 0 unspecified atom stereocenters. The number of fused-ring (bicyclic) bond motifs is 1. The summed E-state index contributed by atoms with van der Waals surface area (Å²) in [6, 6.07) is 17.8. The number of anilines is 1. The summed E-state index contributed by atoms with van der Waals surface area (Å²) in [4.78, 5) is 8.54. The van der Waals surface area contributed by atoms with Crippen molar-refractivity contribution in [3.63, 3.8) is 0 Å². The smallest absolute Gasteiger partial charge is 0.137 e. The molecule has 0 bridgehead atoms. The lowest BCUT2D eigenvalue weighted by atomic mass is 10.1. The van der Waals surface area contributed by atoms with Crippen LogP contribution in [0.1, 0.15) is 17.5 Å². The van der Waals surface area contributed by atoms with E-state index in [0.717, 1.165) is 27.8 Å². The van der Waals surface area contributed by atoms with Crippen molar-refractivity contribution in [1.82, 2.24) is 9.97 Å². The maximum Gasteiger partial charge on any atom is 0.137 e. The van der Waals surface area contributed by atoms with Crippen molar-refractivity contribution < 1.29 is 0 Å². The fourth-order valence-corrected chi connectivity index (χ4v) is 2.43. The normalized spacial score (nSPS) is 9.79. The van der Waals surface area contributed by atoms with Crippen molar-refractivity contribution in [2.45, 2.75) is 12.8 Å². The van der Waals surface area contributed by atoms with Gasteiger partial charge in [-0.25, -0.2) is 9.97 Å². The van der Waals surface area contributed by atoms with E-state index in [4.69, 9.17) is 5.26 Å². The molecular formula is C20H16N4. The molecule has 1 N–H and O–H groups in total. The van der Waals surface area contributed by atoms with Crippen LogP contribution in [0.5, 0.6) is 0 Å². The third kappa shape index (κ3) is 3.69. The molecule has 1 aromatic heterocycles. The van der Waals surface area contributed by atoms with Crippen LogP contribution in [-0.4, -0.2) is 16.5 Å². The number of rotatable bonds is 4. The minimum absolute atomic E-state index is 0.385. The largest absolute Gasteiger partial charge is 0.368 e. The first-order valence-electron chi connectivity index (χ1n) is 7.76. The van der Waals surface area contributed by atoms with E-state index >= 15 is 0 Å². The Hall–Kier alpha value is -3.37. The molecule has 0 aliphatic heterocycles. The lowest BCUT2D eigenvalue weighted by molar-refractivity contribution is 1.07. The van der Waals surface area contributed by atoms with Gasteiger partial charge < -0.3 is 5.32 Å². The molecule has 3 rings (SSSR count). The SMILES string of the molecule is N#CCc1ccccc1C#CCCNc1ncnc2ccccc12. The van der Waals surface area contributed by atoms with Gasteiger partial charge in [-0.1, -0.05) is 42.2 Å². The number of para-hydroxylation sites is 1. The number of nitrogens with one attached hydrogen (secondary N) is 1. The molecule has 0 atom stereocenters. The van der Waals surface area contributed by atoms with Crippen LogP contribution in [-0.2, 0) is 6.42 Å². The summed E-state index contributed by atoms with van der Waals surface area (Å²) >= 11 is 0. The Morgan fingerprint density at radius 1 is 1.00 bits per heavy atom. The second kappa shape index (κ2) is 7.76. The van der Waals surface area contributed by atoms with Gasteiger partial charge in [0.1, 0.15) is 12.1 Å². The quantitative estimate of drug-likeness (QED) is 0.591. The Kier molecular flexibility index (Phi) is 5.02. The van der Waals surface area contributed by atoms with Crippen molar-refractivity contribution in [1.29, 1.82) is 5.26 Å². The predicted molar refractivity (Wildman–Crippen MR) is 95.3 cm³/mol. The molecule has 0 amide bonds. The summed E-state index contributed by atoms with van der Waals surface area (Å²) in [7, 11) is 0. The molecule has 0 aliphatic rings. The Morgan fingerprint density at radius 2 is 1.83 bits per heavy atom. The average molecular weight is 312 g/mol. The first-order chi connectivity index (χ1) is 11.9. The topological polar surface area (TPSA) is 61.6 Å². The standard InChI is InChI=1S/C20H16N4/c21-13-12-17-8-2-1-7-16(17)9-5-6-14-22-20-18-10-3-4-11-19(18)23-15-24-20/h1-4,7-8,10-11,15H,6,12,14H2,(H,22,23,24). The molecule has 116 valence electrons. The molecule has 4 heteroatoms. The molecule has 3 aromatic rings. The van der Waals surface area contributed by atoms with E-state index < -0.39 is 0 Å². The van der Waals surface area contributed by atoms with Crippen LogP contribution in [0.25, 0.3) is 10.9 Å². The highest BCUT2D eigenvalue weighted by molar-refractivity contribution is 5.88. The highest BCUT2D eigenvalue weighted by Gasteiger charge is 2.01. The van der Waals surface area contributed by atoms with Gasteiger partial charge in [0, 0.05) is 23.9 Å². The van der Waals surface area contributed by atoms with Crippen LogP contribution in [0.2, 0.25) is 0 Å². The predicted octanol–water partition coefficient (Wildman–Crippen LogP) is 3.55. The molecule has 24 heavy (non-hydrogen) atoms. The first-order valence-corrected chi connectivity index (χ1v) is 7.76. The fourth-order valence-electron chi connectivity index (χ4n) is 2.43. The highest BCUT2D eigenvalue weighted by Crippen LogP contribution is 2.17. The maximum atomic E-state index is 8.85. The lowest BCUT2D eigenvalue weighted by Crippen LogP contribution is -2.03. The minimum Gasteiger partial charge on any atom is -0.368 e. The zero-order valence-electron chi connectivity index (χ0n) is 13.2. The molecule has 1 heterocycles. The first kappa shape index (κ1) is 15.5. The monoisotopic (exact) mass is 312 g/mol. The number of nitrogens with zero attached hydrogens (tertiary/aromatic N) is 3. The Balaban J connectivity index is 1.63. The van der Waals surface area contributed by atoms with Gasteiger partial charge in [0.05, 0.1) is 18.0 Å². The van der Waals surface area contributed by atoms with Gasteiger partial charge in [-0.15, -0.1) is 0 Å². The van der Waals surface area contributed by atoms with Gasteiger partial charge in [-0.3, -0.25) is 0 Å². The van der Waals surface area contributed by atoms with Crippen molar-refractivity contribution in [3.8, 4) is 17.9 Å². The molecule has 2 aromatic carbocycles. The molecule has 0 aliphatic carbocycles. The third-order valence-corrected chi connectivity index (χ3v) is 3.60. The van der Waals surface area contributed by atoms with Crippen LogP contribution >= 0.6 is 0 Å². The van der Waals surface area contributed by atoms with Crippen LogP contribution in [0.3, 0.4) is 0 Å².